The number of nitrogens with one attached hydrogen (secondary N) is 1. The van der Waals surface area contributed by atoms with Crippen LogP contribution in [0.25, 0.3) is 11.3 Å². The van der Waals surface area contributed by atoms with E-state index in [1.807, 2.05) is 42.2 Å². The van der Waals surface area contributed by atoms with E-state index in [-0.39, 0.29) is 11.9 Å². The molecule has 26 heavy (non-hydrogen) atoms. The molecule has 7 heteroatoms. The van der Waals surface area contributed by atoms with E-state index in [1.54, 1.807) is 12.3 Å². The first-order valence-electron chi connectivity index (χ1n) is 8.45. The van der Waals surface area contributed by atoms with Gasteiger partial charge in [0.05, 0.1) is 11.7 Å². The number of carbonyl (C=O) groups excluding carboxylic acids is 1. The highest BCUT2D eigenvalue weighted by molar-refractivity contribution is 5.82. The van der Waals surface area contributed by atoms with Crippen molar-refractivity contribution >= 4 is 11.9 Å². The van der Waals surface area contributed by atoms with E-state index in [2.05, 4.69) is 10.3 Å². The Morgan fingerprint density at radius 1 is 1.38 bits per heavy atom. The molecular formula is C19H21N3O4. The largest absolute Gasteiger partial charge is 0.482 e. The van der Waals surface area contributed by atoms with Gasteiger partial charge in [-0.15, -0.1) is 0 Å². The Labute approximate surface area is 151 Å². The van der Waals surface area contributed by atoms with Crippen molar-refractivity contribution in [3.05, 3.63) is 48.2 Å². The Hall–Kier alpha value is -2.93. The van der Waals surface area contributed by atoms with Gasteiger partial charge in [-0.3, -0.25) is 14.7 Å². The fourth-order valence-electron chi connectivity index (χ4n) is 2.94. The predicted octanol–water partition coefficient (Wildman–Crippen LogP) is 1.53. The average Bonchev–Trinajstić information content (AvgIpc) is 2.65. The van der Waals surface area contributed by atoms with Gasteiger partial charge in [0, 0.05) is 37.0 Å². The van der Waals surface area contributed by atoms with Crippen LogP contribution in [0.15, 0.2) is 42.6 Å². The zero-order chi connectivity index (χ0) is 18.5. The fraction of sp³-hybridized carbons (Fsp3) is 0.316. The molecule has 3 rings (SSSR count). The molecule has 1 aliphatic rings. The molecule has 0 unspecified atom stereocenters. The van der Waals surface area contributed by atoms with Crippen LogP contribution in [0.3, 0.4) is 0 Å². The van der Waals surface area contributed by atoms with Crippen LogP contribution in [-0.2, 0) is 16.1 Å². The van der Waals surface area contributed by atoms with Gasteiger partial charge in [0.25, 0.3) is 0 Å². The van der Waals surface area contributed by atoms with Crippen LogP contribution in [0.2, 0.25) is 0 Å². The second-order valence-electron chi connectivity index (χ2n) is 6.16. The summed E-state index contributed by atoms with van der Waals surface area (Å²) in [5.41, 5.74) is 2.57. The van der Waals surface area contributed by atoms with Gasteiger partial charge in [0.2, 0.25) is 5.91 Å². The highest BCUT2D eigenvalue weighted by atomic mass is 16.5. The molecule has 1 aliphatic heterocycles. The summed E-state index contributed by atoms with van der Waals surface area (Å²) in [5.74, 6) is -0.536. The van der Waals surface area contributed by atoms with Gasteiger partial charge in [-0.25, -0.2) is 4.79 Å². The minimum absolute atomic E-state index is 0.00913. The lowest BCUT2D eigenvalue weighted by Crippen LogP contribution is -2.53. The molecular weight excluding hydrogens is 334 g/mol. The zero-order valence-electron chi connectivity index (χ0n) is 14.5. The summed E-state index contributed by atoms with van der Waals surface area (Å²) < 4.78 is 5.45. The van der Waals surface area contributed by atoms with Gasteiger partial charge in [0.1, 0.15) is 5.75 Å². The number of carboxylic acid groups (broad SMARTS) is 1. The van der Waals surface area contributed by atoms with Crippen molar-refractivity contribution in [2.75, 3.05) is 19.7 Å². The molecule has 0 saturated carbocycles. The number of aromatic nitrogens is 1. The van der Waals surface area contributed by atoms with E-state index >= 15 is 0 Å². The summed E-state index contributed by atoms with van der Waals surface area (Å²) in [7, 11) is 0. The number of pyridine rings is 1. The zero-order valence-corrected chi connectivity index (χ0v) is 14.5. The molecule has 1 saturated heterocycles. The number of aliphatic carboxylic acids is 1. The number of benzene rings is 1. The van der Waals surface area contributed by atoms with E-state index < -0.39 is 12.6 Å². The summed E-state index contributed by atoms with van der Waals surface area (Å²) in [4.78, 5) is 29.2. The molecule has 2 aromatic rings. The standard InChI is InChI=1S/C19H21N3O4/c1-13-19(25)21-8-9-22(13)11-15-10-14(16-4-2-3-7-20-16)5-6-17(15)26-12-18(23)24/h2-7,10,13H,8-9,11-12H2,1H3,(H,21,25)(H,23,24)/t13-/m0/s1. The van der Waals surface area contributed by atoms with Crippen LogP contribution in [0, 0.1) is 0 Å². The first-order valence-corrected chi connectivity index (χ1v) is 8.45. The molecule has 1 aromatic carbocycles. The van der Waals surface area contributed by atoms with E-state index in [0.29, 0.717) is 18.8 Å². The molecule has 0 radical (unpaired) electrons. The van der Waals surface area contributed by atoms with Crippen LogP contribution in [0.1, 0.15) is 12.5 Å². The maximum atomic E-state index is 11.9. The van der Waals surface area contributed by atoms with Gasteiger partial charge in [-0.1, -0.05) is 6.07 Å². The van der Waals surface area contributed by atoms with Gasteiger partial charge in [0.15, 0.2) is 6.61 Å². The molecule has 1 aromatic heterocycles. The molecule has 2 N–H and O–H groups in total. The van der Waals surface area contributed by atoms with Gasteiger partial charge >= 0.3 is 5.97 Å². The first kappa shape index (κ1) is 17.9. The average molecular weight is 355 g/mol. The molecule has 1 fully saturated rings. The van der Waals surface area contributed by atoms with Crippen LogP contribution < -0.4 is 10.1 Å². The number of hydrogen-bond donors (Lipinski definition) is 2. The Morgan fingerprint density at radius 3 is 2.96 bits per heavy atom. The summed E-state index contributed by atoms with van der Waals surface area (Å²) in [6.07, 6.45) is 1.72. The third kappa shape index (κ3) is 4.18. The van der Waals surface area contributed by atoms with Crippen molar-refractivity contribution in [1.82, 2.24) is 15.2 Å². The van der Waals surface area contributed by atoms with E-state index in [4.69, 9.17) is 9.84 Å². The van der Waals surface area contributed by atoms with Crippen LogP contribution in [0.4, 0.5) is 0 Å². The number of carbonyl (C=O) groups is 2. The van der Waals surface area contributed by atoms with Crippen molar-refractivity contribution < 1.29 is 19.4 Å². The van der Waals surface area contributed by atoms with Gasteiger partial charge < -0.3 is 15.2 Å². The lowest BCUT2D eigenvalue weighted by molar-refractivity contribution is -0.139. The predicted molar refractivity (Wildman–Crippen MR) is 95.7 cm³/mol. The van der Waals surface area contributed by atoms with Crippen molar-refractivity contribution in [2.45, 2.75) is 19.5 Å². The molecule has 1 amide bonds. The van der Waals surface area contributed by atoms with Crippen molar-refractivity contribution in [3.8, 4) is 17.0 Å². The first-order chi connectivity index (χ1) is 12.5. The number of rotatable bonds is 6. The number of piperazine rings is 1. The maximum absolute atomic E-state index is 11.9. The quantitative estimate of drug-likeness (QED) is 0.817. The monoisotopic (exact) mass is 355 g/mol. The molecule has 2 heterocycles. The second kappa shape index (κ2) is 7.97. The molecule has 0 bridgehead atoms. The van der Waals surface area contributed by atoms with Crippen molar-refractivity contribution in [1.29, 1.82) is 0 Å². The van der Waals surface area contributed by atoms with Crippen LogP contribution in [0.5, 0.6) is 5.75 Å². The van der Waals surface area contributed by atoms with E-state index in [9.17, 15) is 9.59 Å². The summed E-state index contributed by atoms with van der Waals surface area (Å²) in [6.45, 7) is 3.25. The Balaban J connectivity index is 1.90. The third-order valence-corrected chi connectivity index (χ3v) is 4.37. The van der Waals surface area contributed by atoms with Crippen molar-refractivity contribution in [2.24, 2.45) is 0 Å². The van der Waals surface area contributed by atoms with E-state index in [0.717, 1.165) is 23.4 Å². The number of ether oxygens (including phenoxy) is 1. The van der Waals surface area contributed by atoms with Crippen LogP contribution >= 0.6 is 0 Å². The second-order valence-corrected chi connectivity index (χ2v) is 6.16. The topological polar surface area (TPSA) is 91.8 Å². The lowest BCUT2D eigenvalue weighted by atomic mass is 10.0. The summed E-state index contributed by atoms with van der Waals surface area (Å²) in [6, 6.07) is 11.0. The van der Waals surface area contributed by atoms with Gasteiger partial charge in [-0.2, -0.15) is 0 Å². The number of hydrogen-bond acceptors (Lipinski definition) is 5. The number of carboxylic acids is 1. The van der Waals surface area contributed by atoms with Crippen LogP contribution in [-0.4, -0.2) is 52.6 Å². The lowest BCUT2D eigenvalue weighted by Gasteiger charge is -2.33. The Morgan fingerprint density at radius 2 is 2.23 bits per heavy atom. The minimum Gasteiger partial charge on any atom is -0.482 e. The normalized spacial score (nSPS) is 17.6. The summed E-state index contributed by atoms with van der Waals surface area (Å²) >= 11 is 0. The maximum Gasteiger partial charge on any atom is 0.341 e. The molecule has 0 spiro atoms. The number of nitrogens with zero attached hydrogens (tertiary/aromatic N) is 2. The summed E-state index contributed by atoms with van der Waals surface area (Å²) in [5, 5.41) is 11.7. The minimum atomic E-state index is -1.03. The Kier molecular flexibility index (Phi) is 5.48. The number of amides is 1. The highest BCUT2D eigenvalue weighted by Gasteiger charge is 2.26. The van der Waals surface area contributed by atoms with Gasteiger partial charge in [-0.05, 0) is 37.3 Å². The Bertz CT molecular complexity index is 795. The molecule has 0 aliphatic carbocycles. The third-order valence-electron chi connectivity index (χ3n) is 4.37. The smallest absolute Gasteiger partial charge is 0.341 e. The molecule has 7 nitrogen and oxygen atoms in total. The fourth-order valence-corrected chi connectivity index (χ4v) is 2.94. The van der Waals surface area contributed by atoms with E-state index in [1.165, 1.54) is 0 Å². The molecule has 136 valence electrons. The SMILES string of the molecule is C[C@H]1C(=O)NCCN1Cc1cc(-c2ccccn2)ccc1OCC(=O)O. The van der Waals surface area contributed by atoms with Crippen molar-refractivity contribution in [3.63, 3.8) is 0 Å². The highest BCUT2D eigenvalue weighted by Crippen LogP contribution is 2.27. The molecule has 1 atom stereocenters.